The summed E-state index contributed by atoms with van der Waals surface area (Å²) >= 11 is 3.47. The summed E-state index contributed by atoms with van der Waals surface area (Å²) in [6, 6.07) is 8.45. The Balaban J connectivity index is 2.40. The van der Waals surface area contributed by atoms with Gasteiger partial charge in [-0.2, -0.15) is 0 Å². The van der Waals surface area contributed by atoms with Crippen LogP contribution in [0.15, 0.2) is 24.3 Å². The number of halogens is 1. The van der Waals surface area contributed by atoms with Crippen molar-refractivity contribution in [1.82, 2.24) is 0 Å². The van der Waals surface area contributed by atoms with Gasteiger partial charge in [-0.15, -0.1) is 0 Å². The Bertz CT molecular complexity index is 299. The maximum atomic E-state index is 5.83. The summed E-state index contributed by atoms with van der Waals surface area (Å²) in [5.41, 5.74) is 1.36. The van der Waals surface area contributed by atoms with E-state index in [9.17, 15) is 0 Å². The molecule has 0 saturated carbocycles. The molecular weight excluding hydrogens is 276 g/mol. The minimum atomic E-state index is 0.842. The van der Waals surface area contributed by atoms with Gasteiger partial charge >= 0.3 is 0 Å². The number of benzene rings is 1. The largest absolute Gasteiger partial charge is 0.493 e. The third kappa shape index (κ3) is 6.11. The van der Waals surface area contributed by atoms with Crippen LogP contribution < -0.4 is 4.74 Å². The van der Waals surface area contributed by atoms with Gasteiger partial charge in [-0.05, 0) is 37.3 Å². The third-order valence-corrected chi connectivity index (χ3v) is 3.37. The number of hydrogen-bond donors (Lipinski definition) is 0. The van der Waals surface area contributed by atoms with Gasteiger partial charge in [0.2, 0.25) is 0 Å². The number of unbranched alkanes of at least 4 members (excludes halogenated alkanes) is 3. The van der Waals surface area contributed by atoms with Crippen molar-refractivity contribution in [2.45, 2.75) is 45.4 Å². The van der Waals surface area contributed by atoms with E-state index in [2.05, 4.69) is 47.1 Å². The summed E-state index contributed by atoms with van der Waals surface area (Å²) in [6.07, 6.45) is 7.26. The standard InChI is InChI=1S/C15H23BrO/c1-2-3-13-17-15-11-7-6-10-14(15)9-5-4-8-12-16/h6-7,10-11H,2-5,8-9,12-13H2,1H3. The lowest BCUT2D eigenvalue weighted by atomic mass is 10.1. The number of rotatable bonds is 9. The van der Waals surface area contributed by atoms with Crippen LogP contribution in [0.2, 0.25) is 0 Å². The van der Waals surface area contributed by atoms with Gasteiger partial charge in [-0.1, -0.05) is 53.9 Å². The molecule has 0 unspecified atom stereocenters. The van der Waals surface area contributed by atoms with Gasteiger partial charge < -0.3 is 4.74 Å². The van der Waals surface area contributed by atoms with Crippen molar-refractivity contribution in [1.29, 1.82) is 0 Å². The lowest BCUT2D eigenvalue weighted by Gasteiger charge is -2.10. The zero-order valence-electron chi connectivity index (χ0n) is 10.8. The van der Waals surface area contributed by atoms with E-state index in [1.807, 2.05) is 0 Å². The number of hydrogen-bond acceptors (Lipinski definition) is 1. The van der Waals surface area contributed by atoms with Crippen LogP contribution in [-0.4, -0.2) is 11.9 Å². The Kier molecular flexibility index (Phi) is 8.16. The van der Waals surface area contributed by atoms with Crippen LogP contribution >= 0.6 is 15.9 Å². The van der Waals surface area contributed by atoms with Crippen molar-refractivity contribution < 1.29 is 4.74 Å². The topological polar surface area (TPSA) is 9.23 Å². The quantitative estimate of drug-likeness (QED) is 0.462. The van der Waals surface area contributed by atoms with Crippen LogP contribution in [0.4, 0.5) is 0 Å². The predicted molar refractivity (Wildman–Crippen MR) is 78.2 cm³/mol. The third-order valence-electron chi connectivity index (χ3n) is 2.81. The van der Waals surface area contributed by atoms with Gasteiger partial charge in [0.15, 0.2) is 0 Å². The molecule has 0 aromatic heterocycles. The highest BCUT2D eigenvalue weighted by Crippen LogP contribution is 2.20. The Labute approximate surface area is 114 Å². The molecule has 0 spiro atoms. The Morgan fingerprint density at radius 3 is 2.65 bits per heavy atom. The normalized spacial score (nSPS) is 10.5. The predicted octanol–water partition coefficient (Wildman–Crippen LogP) is 4.97. The zero-order chi connectivity index (χ0) is 12.3. The minimum absolute atomic E-state index is 0.842. The molecule has 0 amide bonds. The average molecular weight is 299 g/mol. The maximum absolute atomic E-state index is 5.83. The summed E-state index contributed by atoms with van der Waals surface area (Å²) < 4.78 is 5.83. The second-order valence-electron chi connectivity index (χ2n) is 4.31. The molecule has 1 aromatic carbocycles. The second kappa shape index (κ2) is 9.52. The minimum Gasteiger partial charge on any atom is -0.493 e. The Morgan fingerprint density at radius 1 is 1.06 bits per heavy atom. The van der Waals surface area contributed by atoms with E-state index in [0.717, 1.165) is 30.5 Å². The van der Waals surface area contributed by atoms with Gasteiger partial charge in [0, 0.05) is 5.33 Å². The molecule has 0 aliphatic carbocycles. The molecule has 0 heterocycles. The van der Waals surface area contributed by atoms with Crippen LogP contribution in [0.25, 0.3) is 0 Å². The van der Waals surface area contributed by atoms with Crippen molar-refractivity contribution in [2.75, 3.05) is 11.9 Å². The lowest BCUT2D eigenvalue weighted by molar-refractivity contribution is 0.306. The monoisotopic (exact) mass is 298 g/mol. The van der Waals surface area contributed by atoms with Crippen molar-refractivity contribution in [3.05, 3.63) is 29.8 Å². The van der Waals surface area contributed by atoms with E-state index < -0.39 is 0 Å². The van der Waals surface area contributed by atoms with E-state index in [4.69, 9.17) is 4.74 Å². The zero-order valence-corrected chi connectivity index (χ0v) is 12.3. The number of para-hydroxylation sites is 1. The molecule has 0 saturated heterocycles. The summed E-state index contributed by atoms with van der Waals surface area (Å²) in [5.74, 6) is 1.08. The highest BCUT2D eigenvalue weighted by atomic mass is 79.9. The van der Waals surface area contributed by atoms with Gasteiger partial charge in [-0.25, -0.2) is 0 Å². The molecule has 0 fully saturated rings. The molecule has 0 aliphatic heterocycles. The SMILES string of the molecule is CCCCOc1ccccc1CCCCCBr. The summed E-state index contributed by atoms with van der Waals surface area (Å²) in [5, 5.41) is 1.11. The first kappa shape index (κ1) is 14.6. The van der Waals surface area contributed by atoms with Gasteiger partial charge in [0.25, 0.3) is 0 Å². The smallest absolute Gasteiger partial charge is 0.122 e. The molecular formula is C15H23BrO. The van der Waals surface area contributed by atoms with Crippen LogP contribution in [0.5, 0.6) is 5.75 Å². The van der Waals surface area contributed by atoms with E-state index in [1.54, 1.807) is 0 Å². The molecule has 2 heteroatoms. The highest BCUT2D eigenvalue weighted by molar-refractivity contribution is 9.09. The molecule has 0 N–H and O–H groups in total. The van der Waals surface area contributed by atoms with E-state index in [0.29, 0.717) is 0 Å². The van der Waals surface area contributed by atoms with E-state index in [-0.39, 0.29) is 0 Å². The van der Waals surface area contributed by atoms with Crippen molar-refractivity contribution in [3.63, 3.8) is 0 Å². The van der Waals surface area contributed by atoms with Crippen molar-refractivity contribution in [2.24, 2.45) is 0 Å². The second-order valence-corrected chi connectivity index (χ2v) is 5.10. The maximum Gasteiger partial charge on any atom is 0.122 e. The molecule has 1 rings (SSSR count). The molecule has 1 nitrogen and oxygen atoms in total. The summed E-state index contributed by atoms with van der Waals surface area (Å²) in [4.78, 5) is 0. The first-order valence-electron chi connectivity index (χ1n) is 6.65. The van der Waals surface area contributed by atoms with Gasteiger partial charge in [0.1, 0.15) is 5.75 Å². The fraction of sp³-hybridized carbons (Fsp3) is 0.600. The van der Waals surface area contributed by atoms with Gasteiger partial charge in [0.05, 0.1) is 6.61 Å². The summed E-state index contributed by atoms with van der Waals surface area (Å²) in [6.45, 7) is 3.03. The number of aryl methyl sites for hydroxylation is 1. The fourth-order valence-electron chi connectivity index (χ4n) is 1.76. The van der Waals surface area contributed by atoms with Crippen LogP contribution in [0.3, 0.4) is 0 Å². The molecule has 17 heavy (non-hydrogen) atoms. The Morgan fingerprint density at radius 2 is 1.88 bits per heavy atom. The molecule has 96 valence electrons. The Hall–Kier alpha value is -0.500. The first-order valence-corrected chi connectivity index (χ1v) is 7.77. The molecule has 1 aromatic rings. The number of alkyl halides is 1. The number of ether oxygens (including phenoxy) is 1. The van der Waals surface area contributed by atoms with Crippen molar-refractivity contribution >= 4 is 15.9 Å². The van der Waals surface area contributed by atoms with Crippen LogP contribution in [-0.2, 0) is 6.42 Å². The summed E-state index contributed by atoms with van der Waals surface area (Å²) in [7, 11) is 0. The van der Waals surface area contributed by atoms with Crippen LogP contribution in [0, 0.1) is 0 Å². The lowest BCUT2D eigenvalue weighted by Crippen LogP contribution is -2.00. The van der Waals surface area contributed by atoms with Gasteiger partial charge in [-0.3, -0.25) is 0 Å². The van der Waals surface area contributed by atoms with E-state index in [1.165, 1.54) is 31.2 Å². The first-order chi connectivity index (χ1) is 8.38. The van der Waals surface area contributed by atoms with E-state index >= 15 is 0 Å². The molecule has 0 radical (unpaired) electrons. The fourth-order valence-corrected chi connectivity index (χ4v) is 2.16. The molecule has 0 bridgehead atoms. The molecule has 0 aliphatic rings. The van der Waals surface area contributed by atoms with Crippen molar-refractivity contribution in [3.8, 4) is 5.75 Å². The average Bonchev–Trinajstić information content (AvgIpc) is 2.36. The molecule has 0 atom stereocenters. The highest BCUT2D eigenvalue weighted by Gasteiger charge is 2.02. The van der Waals surface area contributed by atoms with Crippen LogP contribution in [0.1, 0.15) is 44.6 Å².